The lowest BCUT2D eigenvalue weighted by Crippen LogP contribution is -2.69. The quantitative estimate of drug-likeness (QED) is 0.849. The van der Waals surface area contributed by atoms with Gasteiger partial charge in [0.05, 0.1) is 0 Å². The molecule has 2 atom stereocenters. The fourth-order valence-corrected chi connectivity index (χ4v) is 3.31. The van der Waals surface area contributed by atoms with Gasteiger partial charge in [-0.15, -0.1) is 0 Å². The molecule has 0 saturated carbocycles. The van der Waals surface area contributed by atoms with E-state index in [1.807, 2.05) is 25.7 Å². The predicted molar refractivity (Wildman–Crippen MR) is 82.9 cm³/mol. The Morgan fingerprint density at radius 1 is 1.24 bits per heavy atom. The smallest absolute Gasteiger partial charge is 0.248 e. The summed E-state index contributed by atoms with van der Waals surface area (Å²) in [6.07, 6.45) is 2.87. The van der Waals surface area contributed by atoms with Gasteiger partial charge in [0.25, 0.3) is 0 Å². The van der Waals surface area contributed by atoms with Crippen molar-refractivity contribution in [1.82, 2.24) is 15.1 Å². The zero-order valence-corrected chi connectivity index (χ0v) is 13.8. The molecule has 2 heterocycles. The summed E-state index contributed by atoms with van der Waals surface area (Å²) in [5, 5.41) is 2.89. The van der Waals surface area contributed by atoms with Crippen molar-refractivity contribution in [3.8, 4) is 0 Å². The van der Waals surface area contributed by atoms with Crippen molar-refractivity contribution in [2.45, 2.75) is 58.5 Å². The molecule has 0 radical (unpaired) electrons. The summed E-state index contributed by atoms with van der Waals surface area (Å²) in [5.74, 6) is 0.575. The molecule has 2 aliphatic rings. The van der Waals surface area contributed by atoms with E-state index in [4.69, 9.17) is 0 Å². The maximum atomic E-state index is 12.7. The molecule has 5 nitrogen and oxygen atoms in total. The third-order valence-corrected chi connectivity index (χ3v) is 5.30. The van der Waals surface area contributed by atoms with E-state index >= 15 is 0 Å². The number of likely N-dealkylation sites (tertiary alicyclic amines) is 1. The minimum atomic E-state index is -0.728. The largest absolute Gasteiger partial charge is 0.340 e. The second kappa shape index (κ2) is 6.34. The summed E-state index contributed by atoms with van der Waals surface area (Å²) in [6, 6.07) is -0.346. The number of carbonyl (C=O) groups is 2. The van der Waals surface area contributed by atoms with Crippen LogP contribution in [-0.2, 0) is 9.59 Å². The van der Waals surface area contributed by atoms with Crippen LogP contribution in [0.3, 0.4) is 0 Å². The van der Waals surface area contributed by atoms with Gasteiger partial charge in [-0.25, -0.2) is 0 Å². The Morgan fingerprint density at radius 3 is 2.38 bits per heavy atom. The third-order valence-electron chi connectivity index (χ3n) is 5.30. The number of rotatable bonds is 4. The molecule has 2 aliphatic heterocycles. The van der Waals surface area contributed by atoms with Crippen molar-refractivity contribution in [2.75, 3.05) is 26.2 Å². The standard InChI is InChI=1S/C16H29N3O2/c1-5-16(4)15(21)19(12(3)14(20)17-16)11-13-7-9-18(6-2)10-8-13/h12-13H,5-11H2,1-4H3,(H,17,20). The first-order valence-electron chi connectivity index (χ1n) is 8.26. The Labute approximate surface area is 128 Å². The topological polar surface area (TPSA) is 52.6 Å². The molecule has 2 rings (SSSR count). The fraction of sp³-hybridized carbons (Fsp3) is 0.875. The van der Waals surface area contributed by atoms with E-state index in [0.717, 1.165) is 39.0 Å². The molecule has 2 unspecified atom stereocenters. The summed E-state index contributed by atoms with van der Waals surface area (Å²) in [7, 11) is 0. The number of hydrogen-bond donors (Lipinski definition) is 1. The lowest BCUT2D eigenvalue weighted by molar-refractivity contribution is -0.154. The highest BCUT2D eigenvalue weighted by Crippen LogP contribution is 2.25. The van der Waals surface area contributed by atoms with Gasteiger partial charge in [-0.1, -0.05) is 13.8 Å². The van der Waals surface area contributed by atoms with Crippen LogP contribution in [0.5, 0.6) is 0 Å². The number of carbonyl (C=O) groups excluding carboxylic acids is 2. The van der Waals surface area contributed by atoms with Crippen LogP contribution in [0.15, 0.2) is 0 Å². The number of nitrogens with zero attached hydrogens (tertiary/aromatic N) is 2. The van der Waals surface area contributed by atoms with Gasteiger partial charge in [-0.05, 0) is 58.7 Å². The molecular formula is C16H29N3O2. The lowest BCUT2D eigenvalue weighted by Gasteiger charge is -2.45. The van der Waals surface area contributed by atoms with Crippen LogP contribution in [0.2, 0.25) is 0 Å². The predicted octanol–water partition coefficient (Wildman–Crippen LogP) is 1.23. The van der Waals surface area contributed by atoms with Gasteiger partial charge >= 0.3 is 0 Å². The van der Waals surface area contributed by atoms with Crippen LogP contribution in [0, 0.1) is 5.92 Å². The molecule has 1 N–H and O–H groups in total. The molecule has 0 aromatic carbocycles. The van der Waals surface area contributed by atoms with Crippen LogP contribution >= 0.6 is 0 Å². The van der Waals surface area contributed by atoms with Crippen molar-refractivity contribution in [1.29, 1.82) is 0 Å². The molecule has 0 aliphatic carbocycles. The summed E-state index contributed by atoms with van der Waals surface area (Å²) in [4.78, 5) is 29.1. The van der Waals surface area contributed by atoms with Crippen molar-refractivity contribution in [3.63, 3.8) is 0 Å². The minimum Gasteiger partial charge on any atom is -0.340 e. The zero-order valence-electron chi connectivity index (χ0n) is 13.8. The monoisotopic (exact) mass is 295 g/mol. The van der Waals surface area contributed by atoms with Crippen LogP contribution < -0.4 is 5.32 Å². The molecule has 2 saturated heterocycles. The van der Waals surface area contributed by atoms with E-state index in [1.165, 1.54) is 0 Å². The van der Waals surface area contributed by atoms with Crippen LogP contribution in [-0.4, -0.2) is 59.4 Å². The maximum absolute atomic E-state index is 12.7. The van der Waals surface area contributed by atoms with E-state index in [0.29, 0.717) is 12.3 Å². The molecule has 0 bridgehead atoms. The Kier molecular flexibility index (Phi) is 4.91. The summed E-state index contributed by atoms with van der Waals surface area (Å²) in [5.41, 5.74) is -0.728. The Balaban J connectivity index is 2.03. The van der Waals surface area contributed by atoms with Crippen molar-refractivity contribution >= 4 is 11.8 Å². The number of piperidine rings is 1. The van der Waals surface area contributed by atoms with Gasteiger partial charge in [0.1, 0.15) is 11.6 Å². The highest BCUT2D eigenvalue weighted by atomic mass is 16.2. The zero-order chi connectivity index (χ0) is 15.6. The Bertz CT molecular complexity index is 404. The first-order valence-corrected chi connectivity index (χ1v) is 8.26. The third kappa shape index (κ3) is 3.23. The molecule has 120 valence electrons. The fourth-order valence-electron chi connectivity index (χ4n) is 3.31. The van der Waals surface area contributed by atoms with E-state index in [9.17, 15) is 9.59 Å². The van der Waals surface area contributed by atoms with E-state index in [1.54, 1.807) is 0 Å². The Hall–Kier alpha value is -1.10. The normalized spacial score (nSPS) is 32.4. The molecule has 21 heavy (non-hydrogen) atoms. The molecule has 0 aromatic rings. The molecule has 2 fully saturated rings. The van der Waals surface area contributed by atoms with Gasteiger partial charge in [0.2, 0.25) is 11.8 Å². The van der Waals surface area contributed by atoms with Gasteiger partial charge < -0.3 is 15.1 Å². The molecule has 5 heteroatoms. The SMILES string of the molecule is CCN1CCC(CN2C(=O)C(C)(CC)NC(=O)C2C)CC1. The summed E-state index contributed by atoms with van der Waals surface area (Å²) < 4.78 is 0. The Morgan fingerprint density at radius 2 is 1.86 bits per heavy atom. The number of amides is 2. The molecular weight excluding hydrogens is 266 g/mol. The molecule has 2 amide bonds. The molecule has 0 spiro atoms. The van der Waals surface area contributed by atoms with Crippen molar-refractivity contribution < 1.29 is 9.59 Å². The van der Waals surface area contributed by atoms with Crippen molar-refractivity contribution in [3.05, 3.63) is 0 Å². The summed E-state index contributed by atoms with van der Waals surface area (Å²) in [6.45, 7) is 11.8. The second-order valence-electron chi connectivity index (χ2n) is 6.69. The van der Waals surface area contributed by atoms with Crippen LogP contribution in [0.1, 0.15) is 47.0 Å². The highest BCUT2D eigenvalue weighted by molar-refractivity contribution is 5.99. The number of nitrogens with one attached hydrogen (secondary N) is 1. The van der Waals surface area contributed by atoms with E-state index in [-0.39, 0.29) is 17.9 Å². The first-order chi connectivity index (χ1) is 9.91. The lowest BCUT2D eigenvalue weighted by atomic mass is 9.89. The van der Waals surface area contributed by atoms with Crippen LogP contribution in [0.4, 0.5) is 0 Å². The number of piperazine rings is 1. The summed E-state index contributed by atoms with van der Waals surface area (Å²) >= 11 is 0. The number of hydrogen-bond acceptors (Lipinski definition) is 3. The van der Waals surface area contributed by atoms with Gasteiger partial charge in [0, 0.05) is 6.54 Å². The van der Waals surface area contributed by atoms with Gasteiger partial charge in [-0.2, -0.15) is 0 Å². The van der Waals surface area contributed by atoms with Crippen molar-refractivity contribution in [2.24, 2.45) is 5.92 Å². The molecule has 0 aromatic heterocycles. The minimum absolute atomic E-state index is 0.0232. The first kappa shape index (κ1) is 16.3. The second-order valence-corrected chi connectivity index (χ2v) is 6.69. The van der Waals surface area contributed by atoms with Gasteiger partial charge in [0.15, 0.2) is 0 Å². The van der Waals surface area contributed by atoms with Gasteiger partial charge in [-0.3, -0.25) is 9.59 Å². The average Bonchev–Trinajstić information content (AvgIpc) is 2.50. The van der Waals surface area contributed by atoms with E-state index < -0.39 is 5.54 Å². The maximum Gasteiger partial charge on any atom is 0.248 e. The van der Waals surface area contributed by atoms with Crippen LogP contribution in [0.25, 0.3) is 0 Å². The highest BCUT2D eigenvalue weighted by Gasteiger charge is 2.45. The average molecular weight is 295 g/mol. The van der Waals surface area contributed by atoms with E-state index in [2.05, 4.69) is 17.1 Å².